The van der Waals surface area contributed by atoms with Crippen LogP contribution in [0, 0.1) is 5.92 Å². The molecule has 4 heterocycles. The molecular formula is C27H33N5O2S. The van der Waals surface area contributed by atoms with E-state index in [1.807, 2.05) is 18.2 Å². The second-order valence-electron chi connectivity index (χ2n) is 9.06. The molecule has 5 rings (SSSR count). The van der Waals surface area contributed by atoms with Crippen molar-refractivity contribution in [3.8, 4) is 11.1 Å². The minimum absolute atomic E-state index is 0.0600. The fourth-order valence-corrected chi connectivity index (χ4v) is 5.78. The maximum atomic E-state index is 9.80. The Bertz CT molecular complexity index is 1200. The number of piperidine rings is 1. The number of aliphatic hydroxyl groups is 1. The van der Waals surface area contributed by atoms with E-state index in [0.29, 0.717) is 18.4 Å². The Morgan fingerprint density at radius 1 is 1.06 bits per heavy atom. The largest absolute Gasteiger partial charge is 0.395 e. The predicted octanol–water partition coefficient (Wildman–Crippen LogP) is 4.52. The number of nitrogens with zero attached hydrogens (tertiary/aromatic N) is 5. The van der Waals surface area contributed by atoms with Gasteiger partial charge in [0.05, 0.1) is 12.0 Å². The van der Waals surface area contributed by atoms with Crippen LogP contribution in [0.3, 0.4) is 0 Å². The van der Waals surface area contributed by atoms with Crippen LogP contribution in [0.1, 0.15) is 12.8 Å². The van der Waals surface area contributed by atoms with Crippen molar-refractivity contribution in [2.24, 2.45) is 5.92 Å². The Morgan fingerprint density at radius 3 is 2.54 bits per heavy atom. The number of benzene rings is 1. The third kappa shape index (κ3) is 5.34. The standard InChI is InChI=1S/C27H33N5O2S/c1-34-19-21-9-13-31(14-10-21)25-24-23(22-7-3-2-4-8-22)20-35-26(24)29-27(28-25)32(17-18-33)16-15-30-11-5-6-12-30/h2-8,11-12,20-21,33H,9-10,13-19H2,1H3. The van der Waals surface area contributed by atoms with Crippen LogP contribution in [0.25, 0.3) is 21.3 Å². The molecule has 1 N–H and O–H groups in total. The molecule has 0 aliphatic carbocycles. The van der Waals surface area contributed by atoms with Gasteiger partial charge in [0.15, 0.2) is 0 Å². The summed E-state index contributed by atoms with van der Waals surface area (Å²) in [4.78, 5) is 15.7. The Hall–Kier alpha value is -2.94. The third-order valence-electron chi connectivity index (χ3n) is 6.75. The fourth-order valence-electron chi connectivity index (χ4n) is 4.85. The van der Waals surface area contributed by atoms with Gasteiger partial charge in [-0.2, -0.15) is 4.98 Å². The van der Waals surface area contributed by atoms with E-state index in [-0.39, 0.29) is 6.61 Å². The summed E-state index contributed by atoms with van der Waals surface area (Å²) in [5.41, 5.74) is 2.37. The summed E-state index contributed by atoms with van der Waals surface area (Å²) >= 11 is 1.67. The van der Waals surface area contributed by atoms with Crippen LogP contribution < -0.4 is 9.80 Å². The first kappa shape index (κ1) is 23.8. The molecule has 4 aromatic rings. The molecule has 0 spiro atoms. The molecule has 184 valence electrons. The van der Waals surface area contributed by atoms with Gasteiger partial charge in [-0.05, 0) is 36.5 Å². The van der Waals surface area contributed by atoms with Crippen molar-refractivity contribution in [1.29, 1.82) is 0 Å². The molecule has 0 radical (unpaired) electrons. The van der Waals surface area contributed by atoms with Gasteiger partial charge in [0.25, 0.3) is 0 Å². The maximum absolute atomic E-state index is 9.80. The number of hydrogen-bond acceptors (Lipinski definition) is 7. The molecule has 1 saturated heterocycles. The molecule has 0 amide bonds. The molecule has 0 saturated carbocycles. The van der Waals surface area contributed by atoms with E-state index < -0.39 is 0 Å². The molecule has 1 aliphatic rings. The number of aliphatic hydroxyl groups excluding tert-OH is 1. The van der Waals surface area contributed by atoms with E-state index in [1.165, 1.54) is 11.1 Å². The monoisotopic (exact) mass is 491 g/mol. The summed E-state index contributed by atoms with van der Waals surface area (Å²) < 4.78 is 7.56. The molecule has 3 aromatic heterocycles. The number of anilines is 2. The van der Waals surface area contributed by atoms with E-state index in [4.69, 9.17) is 14.7 Å². The number of methoxy groups -OCH3 is 1. The van der Waals surface area contributed by atoms with Gasteiger partial charge in [-0.25, -0.2) is 4.98 Å². The van der Waals surface area contributed by atoms with E-state index >= 15 is 0 Å². The van der Waals surface area contributed by atoms with Crippen molar-refractivity contribution in [1.82, 2.24) is 14.5 Å². The van der Waals surface area contributed by atoms with Gasteiger partial charge < -0.3 is 24.2 Å². The van der Waals surface area contributed by atoms with Crippen LogP contribution in [0.2, 0.25) is 0 Å². The van der Waals surface area contributed by atoms with E-state index in [1.54, 1.807) is 18.4 Å². The Morgan fingerprint density at radius 2 is 1.83 bits per heavy atom. The lowest BCUT2D eigenvalue weighted by atomic mass is 9.97. The van der Waals surface area contributed by atoms with Crippen LogP contribution >= 0.6 is 11.3 Å². The van der Waals surface area contributed by atoms with Gasteiger partial charge in [-0.15, -0.1) is 11.3 Å². The first-order valence-electron chi connectivity index (χ1n) is 12.3. The van der Waals surface area contributed by atoms with E-state index in [0.717, 1.165) is 61.7 Å². The maximum Gasteiger partial charge on any atom is 0.228 e. The molecule has 1 aliphatic heterocycles. The molecule has 1 fully saturated rings. The zero-order chi connectivity index (χ0) is 24.0. The average Bonchev–Trinajstić information content (AvgIpc) is 3.57. The lowest BCUT2D eigenvalue weighted by molar-refractivity contribution is 0.139. The third-order valence-corrected chi connectivity index (χ3v) is 7.62. The average molecular weight is 492 g/mol. The van der Waals surface area contributed by atoms with Crippen molar-refractivity contribution in [2.75, 3.05) is 56.3 Å². The highest BCUT2D eigenvalue weighted by atomic mass is 32.1. The number of hydrogen-bond donors (Lipinski definition) is 1. The van der Waals surface area contributed by atoms with Gasteiger partial charge in [-0.1, -0.05) is 30.3 Å². The molecular weight excluding hydrogens is 458 g/mol. The van der Waals surface area contributed by atoms with Crippen molar-refractivity contribution < 1.29 is 9.84 Å². The van der Waals surface area contributed by atoms with Gasteiger partial charge >= 0.3 is 0 Å². The summed E-state index contributed by atoms with van der Waals surface area (Å²) in [7, 11) is 1.79. The van der Waals surface area contributed by atoms with Crippen LogP contribution in [0.15, 0.2) is 60.2 Å². The second kappa shape index (κ2) is 11.2. The predicted molar refractivity (Wildman–Crippen MR) is 143 cm³/mol. The molecule has 35 heavy (non-hydrogen) atoms. The molecule has 7 nitrogen and oxygen atoms in total. The number of fused-ring (bicyclic) bond motifs is 1. The smallest absolute Gasteiger partial charge is 0.228 e. The van der Waals surface area contributed by atoms with Gasteiger partial charge in [-0.3, -0.25) is 0 Å². The number of ether oxygens (including phenoxy) is 1. The Labute approximate surface area is 210 Å². The molecule has 0 bridgehead atoms. The SMILES string of the molecule is COCC1CCN(c2nc(N(CCO)CCn3cccc3)nc3scc(-c4ccccc4)c23)CC1. The zero-order valence-corrected chi connectivity index (χ0v) is 21.0. The Kier molecular flexibility index (Phi) is 7.61. The number of rotatable bonds is 10. The van der Waals surface area contributed by atoms with Crippen molar-refractivity contribution in [2.45, 2.75) is 19.4 Å². The highest BCUT2D eigenvalue weighted by Crippen LogP contribution is 2.40. The summed E-state index contributed by atoms with van der Waals surface area (Å²) in [5.74, 6) is 2.29. The van der Waals surface area contributed by atoms with Crippen molar-refractivity contribution in [3.05, 3.63) is 60.2 Å². The molecule has 8 heteroatoms. The highest BCUT2D eigenvalue weighted by molar-refractivity contribution is 7.17. The van der Waals surface area contributed by atoms with E-state index in [9.17, 15) is 5.11 Å². The number of thiophene rings is 1. The minimum atomic E-state index is 0.0600. The lowest BCUT2D eigenvalue weighted by Gasteiger charge is -2.33. The van der Waals surface area contributed by atoms with Crippen LogP contribution in [-0.2, 0) is 11.3 Å². The summed E-state index contributed by atoms with van der Waals surface area (Å²) in [6.45, 7) is 4.82. The molecule has 0 unspecified atom stereocenters. The molecule has 1 aromatic carbocycles. The van der Waals surface area contributed by atoms with Crippen LogP contribution in [0.4, 0.5) is 11.8 Å². The summed E-state index contributed by atoms with van der Waals surface area (Å²) in [5, 5.41) is 13.1. The van der Waals surface area contributed by atoms with Gasteiger partial charge in [0.2, 0.25) is 5.95 Å². The van der Waals surface area contributed by atoms with Crippen molar-refractivity contribution in [3.63, 3.8) is 0 Å². The number of aromatic nitrogens is 3. The van der Waals surface area contributed by atoms with Gasteiger partial charge in [0, 0.05) is 69.8 Å². The zero-order valence-electron chi connectivity index (χ0n) is 20.2. The second-order valence-corrected chi connectivity index (χ2v) is 9.92. The molecule has 0 atom stereocenters. The summed E-state index contributed by atoms with van der Waals surface area (Å²) in [6, 6.07) is 14.6. The first-order valence-corrected chi connectivity index (χ1v) is 13.2. The fraction of sp³-hybridized carbons (Fsp3) is 0.407. The topological polar surface area (TPSA) is 66.7 Å². The van der Waals surface area contributed by atoms with Crippen LogP contribution in [-0.4, -0.2) is 66.1 Å². The van der Waals surface area contributed by atoms with Gasteiger partial charge in [0.1, 0.15) is 10.6 Å². The lowest BCUT2D eigenvalue weighted by Crippen LogP contribution is -2.37. The van der Waals surface area contributed by atoms with Crippen molar-refractivity contribution >= 4 is 33.3 Å². The normalized spacial score (nSPS) is 14.6. The minimum Gasteiger partial charge on any atom is -0.395 e. The summed E-state index contributed by atoms with van der Waals surface area (Å²) in [6.07, 6.45) is 6.30. The van der Waals surface area contributed by atoms with E-state index in [2.05, 4.69) is 56.4 Å². The highest BCUT2D eigenvalue weighted by Gasteiger charge is 2.26. The van der Waals surface area contributed by atoms with Crippen LogP contribution in [0.5, 0.6) is 0 Å². The quantitative estimate of drug-likeness (QED) is 0.352. The first-order chi connectivity index (χ1) is 17.3. The Balaban J connectivity index is 1.53.